The van der Waals surface area contributed by atoms with E-state index in [1.807, 2.05) is 23.1 Å². The lowest BCUT2D eigenvalue weighted by molar-refractivity contribution is 0.0737. The molecule has 1 aliphatic rings. The van der Waals surface area contributed by atoms with E-state index < -0.39 is 0 Å². The lowest BCUT2D eigenvalue weighted by Gasteiger charge is -2.24. The number of carbonyl (C=O) groups is 1. The first-order valence-electron chi connectivity index (χ1n) is 6.46. The monoisotopic (exact) mass is 413 g/mol. The first-order chi connectivity index (χ1) is 9.66. The van der Waals surface area contributed by atoms with Crippen molar-refractivity contribution >= 4 is 49.1 Å². The second-order valence-electron chi connectivity index (χ2n) is 4.80. The molecular formula is C15H13Br2NOS. The summed E-state index contributed by atoms with van der Waals surface area (Å²) >= 11 is 8.64. The van der Waals surface area contributed by atoms with Gasteiger partial charge in [-0.05, 0) is 58.4 Å². The van der Waals surface area contributed by atoms with Crippen LogP contribution >= 0.6 is 43.2 Å². The Balaban J connectivity index is 1.89. The number of likely N-dealkylation sites (tertiary alicyclic amines) is 1. The second kappa shape index (κ2) is 6.00. The van der Waals surface area contributed by atoms with Gasteiger partial charge in [0.2, 0.25) is 0 Å². The molecule has 0 N–H and O–H groups in total. The van der Waals surface area contributed by atoms with E-state index in [0.717, 1.165) is 33.9 Å². The van der Waals surface area contributed by atoms with Crippen LogP contribution in [-0.2, 0) is 0 Å². The Morgan fingerprint density at radius 3 is 2.85 bits per heavy atom. The zero-order valence-corrected chi connectivity index (χ0v) is 14.7. The lowest BCUT2D eigenvalue weighted by Crippen LogP contribution is -2.30. The first kappa shape index (κ1) is 14.3. The maximum absolute atomic E-state index is 12.8. The number of carbonyl (C=O) groups excluding carboxylic acids is 1. The van der Waals surface area contributed by atoms with Crippen molar-refractivity contribution in [3.8, 4) is 0 Å². The highest BCUT2D eigenvalue weighted by Crippen LogP contribution is 2.36. The van der Waals surface area contributed by atoms with Gasteiger partial charge in [0.15, 0.2) is 0 Å². The van der Waals surface area contributed by atoms with Crippen LogP contribution in [0.25, 0.3) is 0 Å². The number of nitrogens with zero attached hydrogens (tertiary/aromatic N) is 1. The molecular weight excluding hydrogens is 402 g/mol. The lowest BCUT2D eigenvalue weighted by atomic mass is 10.1. The molecule has 5 heteroatoms. The number of amides is 1. The van der Waals surface area contributed by atoms with Gasteiger partial charge in [-0.1, -0.05) is 22.0 Å². The summed E-state index contributed by atoms with van der Waals surface area (Å²) in [5.41, 5.74) is 0.733. The van der Waals surface area contributed by atoms with Crippen molar-refractivity contribution in [1.29, 1.82) is 0 Å². The Hall–Kier alpha value is -0.650. The summed E-state index contributed by atoms with van der Waals surface area (Å²) in [5.74, 6) is 0.111. The van der Waals surface area contributed by atoms with Gasteiger partial charge in [-0.2, -0.15) is 0 Å². The number of rotatable bonds is 2. The van der Waals surface area contributed by atoms with Crippen LogP contribution in [0.3, 0.4) is 0 Å². The van der Waals surface area contributed by atoms with Crippen LogP contribution in [0.15, 0.2) is 44.7 Å². The fourth-order valence-corrected chi connectivity index (χ4v) is 4.69. The van der Waals surface area contributed by atoms with Gasteiger partial charge in [0.05, 0.1) is 11.6 Å². The SMILES string of the molecule is O=C(c1ccc(Br)cc1Br)N1CCCC1c1cccs1. The van der Waals surface area contributed by atoms with Crippen LogP contribution in [0.5, 0.6) is 0 Å². The number of hydrogen-bond donors (Lipinski definition) is 0. The Bertz CT molecular complexity index is 627. The molecule has 1 aromatic carbocycles. The fourth-order valence-electron chi connectivity index (χ4n) is 2.60. The summed E-state index contributed by atoms with van der Waals surface area (Å²) < 4.78 is 1.81. The molecule has 2 heterocycles. The smallest absolute Gasteiger partial charge is 0.255 e. The Labute approximate surface area is 139 Å². The summed E-state index contributed by atoms with van der Waals surface area (Å²) in [6.45, 7) is 0.837. The highest BCUT2D eigenvalue weighted by molar-refractivity contribution is 9.11. The molecule has 1 amide bonds. The van der Waals surface area contributed by atoms with E-state index >= 15 is 0 Å². The second-order valence-corrected chi connectivity index (χ2v) is 7.55. The molecule has 0 bridgehead atoms. The van der Waals surface area contributed by atoms with Crippen LogP contribution < -0.4 is 0 Å². The largest absolute Gasteiger partial charge is 0.331 e. The molecule has 2 nitrogen and oxygen atoms in total. The summed E-state index contributed by atoms with van der Waals surface area (Å²) in [7, 11) is 0. The Morgan fingerprint density at radius 1 is 1.30 bits per heavy atom. The molecule has 1 aromatic heterocycles. The fraction of sp³-hybridized carbons (Fsp3) is 0.267. The van der Waals surface area contributed by atoms with E-state index in [0.29, 0.717) is 0 Å². The third kappa shape index (κ3) is 2.71. The topological polar surface area (TPSA) is 20.3 Å². The van der Waals surface area contributed by atoms with Gasteiger partial charge in [0.25, 0.3) is 5.91 Å². The van der Waals surface area contributed by atoms with Crippen LogP contribution in [0, 0.1) is 0 Å². The molecule has 1 aliphatic heterocycles. The van der Waals surface area contributed by atoms with Crippen molar-refractivity contribution in [2.45, 2.75) is 18.9 Å². The highest BCUT2D eigenvalue weighted by atomic mass is 79.9. The molecule has 0 saturated carbocycles. The standard InChI is InChI=1S/C15H13Br2NOS/c16-10-5-6-11(12(17)9-10)15(19)18-7-1-3-13(18)14-4-2-8-20-14/h2,4-6,8-9,13H,1,3,7H2. The number of hydrogen-bond acceptors (Lipinski definition) is 2. The summed E-state index contributed by atoms with van der Waals surface area (Å²) in [4.78, 5) is 16.1. The summed E-state index contributed by atoms with van der Waals surface area (Å²) in [5, 5.41) is 2.08. The average Bonchev–Trinajstić information content (AvgIpc) is 3.09. The average molecular weight is 415 g/mol. The van der Waals surface area contributed by atoms with E-state index in [1.54, 1.807) is 11.3 Å². The molecule has 104 valence electrons. The predicted molar refractivity (Wildman–Crippen MR) is 89.2 cm³/mol. The van der Waals surface area contributed by atoms with Crippen LogP contribution in [0.2, 0.25) is 0 Å². The third-order valence-corrected chi connectivity index (χ3v) is 5.67. The van der Waals surface area contributed by atoms with Crippen molar-refractivity contribution < 1.29 is 4.79 Å². The van der Waals surface area contributed by atoms with Crippen molar-refractivity contribution in [1.82, 2.24) is 4.90 Å². The van der Waals surface area contributed by atoms with Gasteiger partial charge in [-0.25, -0.2) is 0 Å². The minimum Gasteiger partial charge on any atom is -0.331 e. The number of thiophene rings is 1. The maximum Gasteiger partial charge on any atom is 0.255 e. The van der Waals surface area contributed by atoms with Gasteiger partial charge in [-0.3, -0.25) is 4.79 Å². The maximum atomic E-state index is 12.8. The zero-order valence-electron chi connectivity index (χ0n) is 10.7. The third-order valence-electron chi connectivity index (χ3n) is 3.55. The van der Waals surface area contributed by atoms with Crippen LogP contribution in [0.1, 0.15) is 34.1 Å². The highest BCUT2D eigenvalue weighted by Gasteiger charge is 2.31. The van der Waals surface area contributed by atoms with E-state index in [-0.39, 0.29) is 11.9 Å². The van der Waals surface area contributed by atoms with Crippen molar-refractivity contribution in [2.24, 2.45) is 0 Å². The van der Waals surface area contributed by atoms with Gasteiger partial charge < -0.3 is 4.90 Å². The van der Waals surface area contributed by atoms with Gasteiger partial charge in [-0.15, -0.1) is 11.3 Å². The van der Waals surface area contributed by atoms with Crippen LogP contribution in [0.4, 0.5) is 0 Å². The van der Waals surface area contributed by atoms with Gasteiger partial charge >= 0.3 is 0 Å². The molecule has 0 spiro atoms. The summed E-state index contributed by atoms with van der Waals surface area (Å²) in [6.07, 6.45) is 2.13. The van der Waals surface area contributed by atoms with E-state index in [2.05, 4.69) is 49.4 Å². The summed E-state index contributed by atoms with van der Waals surface area (Å²) in [6, 6.07) is 10.1. The molecule has 3 rings (SSSR count). The van der Waals surface area contributed by atoms with E-state index in [1.165, 1.54) is 4.88 Å². The quantitative estimate of drug-likeness (QED) is 0.656. The minimum atomic E-state index is 0.111. The molecule has 1 unspecified atom stereocenters. The Kier molecular flexibility index (Phi) is 4.29. The molecule has 1 saturated heterocycles. The van der Waals surface area contributed by atoms with E-state index in [9.17, 15) is 4.79 Å². The molecule has 0 radical (unpaired) electrons. The predicted octanol–water partition coefficient (Wildman–Crippen LogP) is 5.25. The minimum absolute atomic E-state index is 0.111. The van der Waals surface area contributed by atoms with Crippen molar-refractivity contribution in [3.63, 3.8) is 0 Å². The molecule has 1 atom stereocenters. The van der Waals surface area contributed by atoms with Gasteiger partial charge in [0.1, 0.15) is 0 Å². The Morgan fingerprint density at radius 2 is 2.15 bits per heavy atom. The van der Waals surface area contributed by atoms with E-state index in [4.69, 9.17) is 0 Å². The molecule has 1 fully saturated rings. The van der Waals surface area contributed by atoms with Gasteiger partial charge in [0, 0.05) is 20.4 Å². The number of halogens is 2. The van der Waals surface area contributed by atoms with Crippen LogP contribution in [-0.4, -0.2) is 17.4 Å². The molecule has 2 aromatic rings. The molecule has 20 heavy (non-hydrogen) atoms. The number of benzene rings is 1. The van der Waals surface area contributed by atoms with Crippen molar-refractivity contribution in [3.05, 3.63) is 55.1 Å². The normalized spacial score (nSPS) is 18.5. The zero-order chi connectivity index (χ0) is 14.1. The molecule has 0 aliphatic carbocycles. The van der Waals surface area contributed by atoms with Crippen molar-refractivity contribution in [2.75, 3.05) is 6.54 Å². The first-order valence-corrected chi connectivity index (χ1v) is 8.93.